The highest BCUT2D eigenvalue weighted by Crippen LogP contribution is 2.47. The SMILES string of the molecule is O=C(Nc1cccc2ccccc12)c1nn2c(c1Br)N[C@H](c1cccs1)C[C@H]2C(F)(F)F. The topological polar surface area (TPSA) is 59.0 Å². The maximum absolute atomic E-state index is 13.9. The lowest BCUT2D eigenvalue weighted by molar-refractivity contribution is -0.173. The van der Waals surface area contributed by atoms with Crippen molar-refractivity contribution < 1.29 is 18.0 Å². The summed E-state index contributed by atoms with van der Waals surface area (Å²) in [6.07, 6.45) is -4.73. The highest BCUT2D eigenvalue weighted by molar-refractivity contribution is 9.10. The summed E-state index contributed by atoms with van der Waals surface area (Å²) in [5, 5.41) is 13.6. The Morgan fingerprint density at radius 3 is 2.69 bits per heavy atom. The number of fused-ring (bicyclic) bond motifs is 2. The minimum absolute atomic E-state index is 0.110. The number of hydrogen-bond acceptors (Lipinski definition) is 4. The minimum Gasteiger partial charge on any atom is -0.362 e. The second kappa shape index (κ2) is 7.93. The monoisotopic (exact) mass is 520 g/mol. The first-order valence-electron chi connectivity index (χ1n) is 9.76. The van der Waals surface area contributed by atoms with Crippen LogP contribution in [0.25, 0.3) is 10.8 Å². The number of nitrogens with zero attached hydrogens (tertiary/aromatic N) is 2. The van der Waals surface area contributed by atoms with Gasteiger partial charge < -0.3 is 10.6 Å². The van der Waals surface area contributed by atoms with E-state index in [9.17, 15) is 18.0 Å². The van der Waals surface area contributed by atoms with Crippen LogP contribution in [0.2, 0.25) is 0 Å². The summed E-state index contributed by atoms with van der Waals surface area (Å²) in [5.41, 5.74) is 0.448. The molecular formula is C22H16BrF3N4OS. The zero-order chi connectivity index (χ0) is 22.5. The van der Waals surface area contributed by atoms with Crippen molar-refractivity contribution in [2.45, 2.75) is 24.7 Å². The third-order valence-corrected chi connectivity index (χ3v) is 7.17. The van der Waals surface area contributed by atoms with Crippen LogP contribution in [-0.2, 0) is 0 Å². The quantitative estimate of drug-likeness (QED) is 0.313. The summed E-state index contributed by atoms with van der Waals surface area (Å²) >= 11 is 4.70. The Bertz CT molecular complexity index is 1300. The van der Waals surface area contributed by atoms with Gasteiger partial charge >= 0.3 is 6.18 Å². The molecule has 164 valence electrons. The van der Waals surface area contributed by atoms with Crippen LogP contribution in [0.1, 0.15) is 33.9 Å². The van der Waals surface area contributed by atoms with E-state index in [4.69, 9.17) is 0 Å². The van der Waals surface area contributed by atoms with Crippen LogP contribution < -0.4 is 10.6 Å². The molecule has 1 aliphatic heterocycles. The molecule has 0 unspecified atom stereocenters. The lowest BCUT2D eigenvalue weighted by atomic mass is 10.0. The molecule has 2 aromatic heterocycles. The molecule has 0 aliphatic carbocycles. The minimum atomic E-state index is -4.51. The standard InChI is InChI=1S/C22H16BrF3N4OS/c23-18-19(21(31)28-14-8-3-6-12-5-1-2-7-13(12)14)29-30-17(22(24,25)26)11-15(27-20(18)30)16-9-4-10-32-16/h1-10,15,17,27H,11H2,(H,28,31)/t15-,17-/m0/s1. The van der Waals surface area contributed by atoms with Gasteiger partial charge in [-0.15, -0.1) is 11.3 Å². The largest absolute Gasteiger partial charge is 0.410 e. The molecule has 0 bridgehead atoms. The van der Waals surface area contributed by atoms with Crippen LogP contribution in [0.5, 0.6) is 0 Å². The van der Waals surface area contributed by atoms with Gasteiger partial charge in [0.15, 0.2) is 11.7 Å². The zero-order valence-electron chi connectivity index (χ0n) is 16.4. The fourth-order valence-corrected chi connectivity index (χ4v) is 5.27. The van der Waals surface area contributed by atoms with Gasteiger partial charge in [0.1, 0.15) is 5.82 Å². The predicted molar refractivity (Wildman–Crippen MR) is 122 cm³/mol. The van der Waals surface area contributed by atoms with E-state index in [1.807, 2.05) is 35.7 Å². The van der Waals surface area contributed by atoms with E-state index in [2.05, 4.69) is 31.7 Å². The maximum Gasteiger partial charge on any atom is 0.410 e. The average molecular weight is 521 g/mol. The summed E-state index contributed by atoms with van der Waals surface area (Å²) in [4.78, 5) is 13.8. The number of halogens is 4. The molecule has 10 heteroatoms. The molecule has 0 radical (unpaired) electrons. The second-order valence-electron chi connectivity index (χ2n) is 7.44. The molecule has 5 rings (SSSR count). The molecule has 1 aliphatic rings. The van der Waals surface area contributed by atoms with E-state index in [1.165, 1.54) is 11.3 Å². The predicted octanol–water partition coefficient (Wildman–Crippen LogP) is 6.77. The van der Waals surface area contributed by atoms with Crippen LogP contribution in [0.15, 0.2) is 64.5 Å². The smallest absolute Gasteiger partial charge is 0.362 e. The van der Waals surface area contributed by atoms with E-state index in [-0.39, 0.29) is 22.4 Å². The molecule has 4 aromatic rings. The van der Waals surface area contributed by atoms with E-state index in [0.717, 1.165) is 20.3 Å². The van der Waals surface area contributed by atoms with Crippen LogP contribution in [-0.4, -0.2) is 21.9 Å². The van der Waals surface area contributed by atoms with Gasteiger partial charge in [-0.05, 0) is 38.8 Å². The van der Waals surface area contributed by atoms with Crippen molar-refractivity contribution in [3.63, 3.8) is 0 Å². The van der Waals surface area contributed by atoms with Crippen LogP contribution in [0.3, 0.4) is 0 Å². The first kappa shape index (κ1) is 21.0. The van der Waals surface area contributed by atoms with Crippen LogP contribution in [0.4, 0.5) is 24.7 Å². The van der Waals surface area contributed by atoms with Crippen molar-refractivity contribution in [3.8, 4) is 0 Å². The summed E-state index contributed by atoms with van der Waals surface area (Å²) < 4.78 is 42.8. The Kier molecular flexibility index (Phi) is 5.21. The van der Waals surface area contributed by atoms with Crippen LogP contribution in [0, 0.1) is 0 Å². The number of hydrogen-bond donors (Lipinski definition) is 2. The molecule has 2 atom stereocenters. The number of carbonyl (C=O) groups is 1. The van der Waals surface area contributed by atoms with Gasteiger partial charge in [-0.1, -0.05) is 42.5 Å². The first-order valence-corrected chi connectivity index (χ1v) is 11.4. The number of thiophene rings is 1. The number of aromatic nitrogens is 2. The van der Waals surface area contributed by atoms with E-state index in [0.29, 0.717) is 5.69 Å². The number of rotatable bonds is 3. The highest BCUT2D eigenvalue weighted by Gasteiger charge is 2.48. The Morgan fingerprint density at radius 1 is 1.16 bits per heavy atom. The molecule has 1 amide bonds. The first-order chi connectivity index (χ1) is 15.3. The second-order valence-corrected chi connectivity index (χ2v) is 9.21. The number of amides is 1. The molecule has 0 saturated carbocycles. The maximum atomic E-state index is 13.9. The number of carbonyl (C=O) groups excluding carboxylic acids is 1. The third kappa shape index (κ3) is 3.67. The van der Waals surface area contributed by atoms with Gasteiger partial charge in [0.05, 0.1) is 10.5 Å². The van der Waals surface area contributed by atoms with E-state index < -0.39 is 24.2 Å². The average Bonchev–Trinajstić information content (AvgIpc) is 3.41. The molecule has 32 heavy (non-hydrogen) atoms. The third-order valence-electron chi connectivity index (χ3n) is 5.44. The van der Waals surface area contributed by atoms with Crippen molar-refractivity contribution in [3.05, 3.63) is 75.0 Å². The van der Waals surface area contributed by atoms with E-state index >= 15 is 0 Å². The molecule has 0 spiro atoms. The fraction of sp³-hybridized carbons (Fsp3) is 0.182. The lowest BCUT2D eigenvalue weighted by Crippen LogP contribution is -2.35. The van der Waals surface area contributed by atoms with Crippen molar-refractivity contribution in [1.82, 2.24) is 9.78 Å². The Labute approximate surface area is 193 Å². The van der Waals surface area contributed by atoms with Gasteiger partial charge in [-0.2, -0.15) is 18.3 Å². The van der Waals surface area contributed by atoms with Crippen LogP contribution >= 0.6 is 27.3 Å². The molecule has 2 aromatic carbocycles. The molecule has 2 N–H and O–H groups in total. The summed E-state index contributed by atoms with van der Waals surface area (Å²) in [7, 11) is 0. The molecule has 0 saturated heterocycles. The lowest BCUT2D eigenvalue weighted by Gasteiger charge is -2.33. The van der Waals surface area contributed by atoms with Crippen molar-refractivity contribution in [2.75, 3.05) is 10.6 Å². The number of benzene rings is 2. The van der Waals surface area contributed by atoms with Gasteiger partial charge in [0, 0.05) is 22.4 Å². The van der Waals surface area contributed by atoms with Gasteiger partial charge in [0.2, 0.25) is 0 Å². The number of anilines is 2. The molecule has 3 heterocycles. The fourth-order valence-electron chi connectivity index (χ4n) is 3.93. The number of alkyl halides is 3. The summed E-state index contributed by atoms with van der Waals surface area (Å²) in [6, 6.07) is 14.2. The van der Waals surface area contributed by atoms with Gasteiger partial charge in [0.25, 0.3) is 5.91 Å². The van der Waals surface area contributed by atoms with Gasteiger partial charge in [-0.25, -0.2) is 4.68 Å². The van der Waals surface area contributed by atoms with Crippen molar-refractivity contribution >= 4 is 55.5 Å². The zero-order valence-corrected chi connectivity index (χ0v) is 18.8. The Balaban J connectivity index is 1.52. The number of nitrogens with one attached hydrogen (secondary N) is 2. The van der Waals surface area contributed by atoms with Gasteiger partial charge in [-0.3, -0.25) is 4.79 Å². The Hall–Kier alpha value is -2.85. The van der Waals surface area contributed by atoms with E-state index in [1.54, 1.807) is 24.3 Å². The summed E-state index contributed by atoms with van der Waals surface area (Å²) in [6.45, 7) is 0. The van der Waals surface area contributed by atoms with Crippen molar-refractivity contribution in [2.24, 2.45) is 0 Å². The molecule has 5 nitrogen and oxygen atoms in total. The normalized spacial score (nSPS) is 18.2. The Morgan fingerprint density at radius 2 is 1.94 bits per heavy atom. The highest BCUT2D eigenvalue weighted by atomic mass is 79.9. The van der Waals surface area contributed by atoms with Crippen molar-refractivity contribution in [1.29, 1.82) is 0 Å². The summed E-state index contributed by atoms with van der Waals surface area (Å²) in [5.74, 6) is -0.453. The molecular weight excluding hydrogens is 505 g/mol. The molecule has 0 fully saturated rings.